The van der Waals surface area contributed by atoms with E-state index in [0.29, 0.717) is 5.75 Å². The van der Waals surface area contributed by atoms with Crippen molar-refractivity contribution in [1.82, 2.24) is 0 Å². The summed E-state index contributed by atoms with van der Waals surface area (Å²) in [6.45, 7) is 2.84. The van der Waals surface area contributed by atoms with Crippen molar-refractivity contribution in [2.24, 2.45) is 0 Å². The summed E-state index contributed by atoms with van der Waals surface area (Å²) in [4.78, 5) is 10.2. The van der Waals surface area contributed by atoms with Gasteiger partial charge in [-0.25, -0.2) is 4.79 Å². The normalized spacial score (nSPS) is 8.56. The second-order valence-corrected chi connectivity index (χ2v) is 1.92. The van der Waals surface area contributed by atoms with Crippen LogP contribution in [0.5, 0.6) is 0 Å². The Morgan fingerprint density at radius 3 is 3.00 bits per heavy atom. The third-order valence-electron chi connectivity index (χ3n) is 0.467. The summed E-state index contributed by atoms with van der Waals surface area (Å²) in [5.74, 6) is -0.0759. The summed E-state index contributed by atoms with van der Waals surface area (Å²) in [5, 5.41) is 8.12. The molecule has 0 amide bonds. The molecule has 0 atom stereocenters. The molecule has 0 aromatic heterocycles. The number of hydrogen-bond donors (Lipinski definition) is 1. The molecule has 9 heavy (non-hydrogen) atoms. The van der Waals surface area contributed by atoms with E-state index >= 15 is 0 Å². The molecule has 0 spiro atoms. The topological polar surface area (TPSA) is 46.5 Å². The Morgan fingerprint density at radius 1 is 1.89 bits per heavy atom. The summed E-state index contributed by atoms with van der Waals surface area (Å²) in [6.07, 6.45) is 1.61. The van der Waals surface area contributed by atoms with Crippen LogP contribution in [-0.2, 0) is 8.98 Å². The molecular weight excluding hydrogens is 140 g/mol. The zero-order valence-electron chi connectivity index (χ0n) is 4.87. The van der Waals surface area contributed by atoms with Crippen LogP contribution < -0.4 is 0 Å². The minimum absolute atomic E-state index is 0.547. The zero-order valence-corrected chi connectivity index (χ0v) is 5.69. The second kappa shape index (κ2) is 5.65. The van der Waals surface area contributed by atoms with E-state index < -0.39 is 12.6 Å². The van der Waals surface area contributed by atoms with Gasteiger partial charge in [-0.15, -0.1) is 6.58 Å². The Kier molecular flexibility index (Phi) is 5.35. The number of rotatable bonds is 4. The van der Waals surface area contributed by atoms with Crippen LogP contribution >= 0.6 is 12.0 Å². The van der Waals surface area contributed by atoms with Crippen LogP contribution in [0.3, 0.4) is 0 Å². The van der Waals surface area contributed by atoms with Gasteiger partial charge >= 0.3 is 5.97 Å². The van der Waals surface area contributed by atoms with Crippen molar-refractivity contribution in [3.8, 4) is 0 Å². The van der Waals surface area contributed by atoms with Gasteiger partial charge in [0.2, 0.25) is 0 Å². The number of carbonyl (C=O) groups excluding carboxylic acids is 1. The van der Waals surface area contributed by atoms with Crippen molar-refractivity contribution >= 4 is 18.0 Å². The number of carbonyl (C=O) groups is 1. The third kappa shape index (κ3) is 5.39. The van der Waals surface area contributed by atoms with Gasteiger partial charge in [-0.2, -0.15) is 0 Å². The van der Waals surface area contributed by atoms with Crippen LogP contribution in [0.15, 0.2) is 12.7 Å². The number of hydrogen-bond acceptors (Lipinski definition) is 4. The minimum atomic E-state index is -0.623. The van der Waals surface area contributed by atoms with Crippen molar-refractivity contribution in [2.75, 3.05) is 12.4 Å². The number of aliphatic hydroxyl groups excluding tert-OH is 1. The molecule has 0 unspecified atom stereocenters. The van der Waals surface area contributed by atoms with Crippen LogP contribution in [0.2, 0.25) is 0 Å². The lowest BCUT2D eigenvalue weighted by Crippen LogP contribution is -2.03. The summed E-state index contributed by atoms with van der Waals surface area (Å²) in [7, 11) is 0. The minimum Gasteiger partial charge on any atom is -0.389 e. The van der Waals surface area contributed by atoms with Crippen LogP contribution in [0.25, 0.3) is 0 Å². The highest BCUT2D eigenvalue weighted by molar-refractivity contribution is 7.95. The average molecular weight is 148 g/mol. The van der Waals surface area contributed by atoms with Crippen LogP contribution in [0.4, 0.5) is 0 Å². The first-order valence-electron chi connectivity index (χ1n) is 2.35. The monoisotopic (exact) mass is 148 g/mol. The van der Waals surface area contributed by atoms with Crippen LogP contribution in [-0.4, -0.2) is 23.4 Å². The van der Waals surface area contributed by atoms with E-state index in [-0.39, 0.29) is 0 Å². The van der Waals surface area contributed by atoms with Gasteiger partial charge in [-0.05, 0) is 0 Å². The van der Waals surface area contributed by atoms with Crippen molar-refractivity contribution in [1.29, 1.82) is 0 Å². The zero-order chi connectivity index (χ0) is 7.11. The lowest BCUT2D eigenvalue weighted by Gasteiger charge is -1.94. The highest BCUT2D eigenvalue weighted by Crippen LogP contribution is 2.01. The van der Waals surface area contributed by atoms with Gasteiger partial charge in [0.15, 0.2) is 0 Å². The standard InChI is InChI=1S/C5H8O3S/c1-2-3-9-8-5(7)4-6/h2,6H,1,3-4H2. The molecule has 0 fully saturated rings. The molecule has 0 bridgehead atoms. The third-order valence-corrected chi connectivity index (χ3v) is 1.14. The Bertz CT molecular complexity index is 102. The fourth-order valence-electron chi connectivity index (χ4n) is 0.174. The highest BCUT2D eigenvalue weighted by atomic mass is 32.2. The summed E-state index contributed by atoms with van der Waals surface area (Å²) in [6, 6.07) is 0. The fraction of sp³-hybridized carbons (Fsp3) is 0.400. The lowest BCUT2D eigenvalue weighted by atomic mass is 10.8. The molecule has 0 radical (unpaired) electrons. The van der Waals surface area contributed by atoms with E-state index in [1.807, 2.05) is 0 Å². The van der Waals surface area contributed by atoms with E-state index in [1.54, 1.807) is 6.08 Å². The molecule has 0 aromatic rings. The lowest BCUT2D eigenvalue weighted by molar-refractivity contribution is -0.136. The predicted molar refractivity (Wildman–Crippen MR) is 35.8 cm³/mol. The van der Waals surface area contributed by atoms with E-state index in [4.69, 9.17) is 5.11 Å². The van der Waals surface area contributed by atoms with Gasteiger partial charge in [-0.3, -0.25) is 0 Å². The van der Waals surface area contributed by atoms with Gasteiger partial charge in [0.05, 0.1) is 12.0 Å². The maximum atomic E-state index is 10.2. The molecule has 0 aliphatic rings. The summed E-state index contributed by atoms with van der Waals surface area (Å²) >= 11 is 0.958. The van der Waals surface area contributed by atoms with Crippen molar-refractivity contribution in [3.05, 3.63) is 12.7 Å². The first-order valence-corrected chi connectivity index (χ1v) is 3.26. The quantitative estimate of drug-likeness (QED) is 0.355. The molecule has 1 N–H and O–H groups in total. The average Bonchev–Trinajstić information content (AvgIpc) is 1.89. The maximum absolute atomic E-state index is 10.2. The first kappa shape index (κ1) is 8.52. The van der Waals surface area contributed by atoms with Crippen LogP contribution in [0.1, 0.15) is 0 Å². The molecule has 0 saturated heterocycles. The van der Waals surface area contributed by atoms with E-state index in [0.717, 1.165) is 12.0 Å². The molecule has 0 rings (SSSR count). The smallest absolute Gasteiger partial charge is 0.343 e. The van der Waals surface area contributed by atoms with Gasteiger partial charge in [-0.1, -0.05) is 6.08 Å². The maximum Gasteiger partial charge on any atom is 0.343 e. The van der Waals surface area contributed by atoms with Crippen molar-refractivity contribution in [2.45, 2.75) is 0 Å². The second-order valence-electron chi connectivity index (χ2n) is 1.19. The predicted octanol–water partition coefficient (Wildman–Crippen LogP) is 0.356. The molecule has 0 saturated carbocycles. The molecule has 0 aliphatic carbocycles. The summed E-state index contributed by atoms with van der Waals surface area (Å²) in [5.41, 5.74) is 0. The van der Waals surface area contributed by atoms with Gasteiger partial charge < -0.3 is 9.29 Å². The van der Waals surface area contributed by atoms with Crippen molar-refractivity contribution < 1.29 is 14.1 Å². The Labute approximate surface area is 57.9 Å². The summed E-state index contributed by atoms with van der Waals surface area (Å²) < 4.78 is 4.39. The Balaban J connectivity index is 3.06. The van der Waals surface area contributed by atoms with E-state index in [1.165, 1.54) is 0 Å². The van der Waals surface area contributed by atoms with E-state index in [2.05, 4.69) is 10.8 Å². The molecule has 0 aliphatic heterocycles. The molecule has 4 heteroatoms. The van der Waals surface area contributed by atoms with Gasteiger partial charge in [0, 0.05) is 5.75 Å². The van der Waals surface area contributed by atoms with Crippen LogP contribution in [0, 0.1) is 0 Å². The molecule has 3 nitrogen and oxygen atoms in total. The molecule has 0 heterocycles. The van der Waals surface area contributed by atoms with Crippen molar-refractivity contribution in [3.63, 3.8) is 0 Å². The van der Waals surface area contributed by atoms with Gasteiger partial charge in [0.1, 0.15) is 6.61 Å². The molecule has 52 valence electrons. The fourth-order valence-corrected chi connectivity index (χ4v) is 0.523. The van der Waals surface area contributed by atoms with E-state index in [9.17, 15) is 4.79 Å². The molecular formula is C5H8O3S. The molecule has 0 aromatic carbocycles. The number of aliphatic hydroxyl groups is 1. The highest BCUT2D eigenvalue weighted by Gasteiger charge is 1.96. The first-order chi connectivity index (χ1) is 4.31. The Hall–Kier alpha value is -0.480. The Morgan fingerprint density at radius 2 is 2.56 bits per heavy atom. The SMILES string of the molecule is C=CCSOC(=O)CO. The van der Waals surface area contributed by atoms with Gasteiger partial charge in [0.25, 0.3) is 0 Å². The largest absolute Gasteiger partial charge is 0.389 e.